The largest absolute Gasteiger partial charge is 0.322 e. The molecule has 0 saturated carbocycles. The van der Waals surface area contributed by atoms with E-state index in [1.807, 2.05) is 26.0 Å². The second kappa shape index (κ2) is 7.28. The van der Waals surface area contributed by atoms with Crippen LogP contribution in [-0.2, 0) is 10.0 Å². The van der Waals surface area contributed by atoms with Crippen LogP contribution < -0.4 is 10.0 Å². The van der Waals surface area contributed by atoms with E-state index in [9.17, 15) is 13.2 Å². The first-order valence-electron chi connectivity index (χ1n) is 8.37. The minimum atomic E-state index is -3.32. The summed E-state index contributed by atoms with van der Waals surface area (Å²) in [6.45, 7) is 4.08. The van der Waals surface area contributed by atoms with Crippen LogP contribution in [0.1, 0.15) is 21.7 Å². The SMILES string of the molecule is Cc1ccc(C)n1-c1ccc(C(=O)Nc2ccc(NS(C)(=O)=O)cc2)cc1. The Morgan fingerprint density at radius 2 is 1.33 bits per heavy atom. The molecule has 2 N–H and O–H groups in total. The summed E-state index contributed by atoms with van der Waals surface area (Å²) >= 11 is 0. The van der Waals surface area contributed by atoms with Gasteiger partial charge in [-0.1, -0.05) is 0 Å². The molecule has 2 aromatic carbocycles. The lowest BCUT2D eigenvalue weighted by Gasteiger charge is -2.11. The van der Waals surface area contributed by atoms with Crippen LogP contribution in [0.15, 0.2) is 60.7 Å². The maximum absolute atomic E-state index is 12.4. The van der Waals surface area contributed by atoms with Crippen molar-refractivity contribution in [3.63, 3.8) is 0 Å². The average Bonchev–Trinajstić information content (AvgIpc) is 2.94. The fourth-order valence-corrected chi connectivity index (χ4v) is 3.44. The average molecular weight is 383 g/mol. The smallest absolute Gasteiger partial charge is 0.255 e. The van der Waals surface area contributed by atoms with E-state index in [0.717, 1.165) is 23.3 Å². The molecule has 0 spiro atoms. The number of hydrogen-bond donors (Lipinski definition) is 2. The molecule has 3 aromatic rings. The minimum absolute atomic E-state index is 0.230. The van der Waals surface area contributed by atoms with Crippen molar-refractivity contribution in [2.75, 3.05) is 16.3 Å². The van der Waals surface area contributed by atoms with Gasteiger partial charge in [0.15, 0.2) is 0 Å². The molecule has 3 rings (SSSR count). The van der Waals surface area contributed by atoms with Crippen molar-refractivity contribution in [2.24, 2.45) is 0 Å². The number of sulfonamides is 1. The Labute approximate surface area is 158 Å². The van der Waals surface area contributed by atoms with Crippen molar-refractivity contribution < 1.29 is 13.2 Å². The molecule has 0 saturated heterocycles. The Kier molecular flexibility index (Phi) is 5.05. The van der Waals surface area contributed by atoms with Crippen LogP contribution in [0.2, 0.25) is 0 Å². The Morgan fingerprint density at radius 1 is 0.815 bits per heavy atom. The number of hydrogen-bond acceptors (Lipinski definition) is 3. The zero-order chi connectivity index (χ0) is 19.6. The van der Waals surface area contributed by atoms with Crippen LogP contribution in [0.5, 0.6) is 0 Å². The molecule has 0 aliphatic carbocycles. The molecular formula is C20H21N3O3S. The Morgan fingerprint density at radius 3 is 1.85 bits per heavy atom. The molecule has 0 aliphatic rings. The first kappa shape index (κ1) is 18.7. The van der Waals surface area contributed by atoms with E-state index in [2.05, 4.69) is 26.7 Å². The van der Waals surface area contributed by atoms with Gasteiger partial charge in [-0.05, 0) is 74.5 Å². The number of aryl methyl sites for hydroxylation is 2. The number of carbonyl (C=O) groups excluding carboxylic acids is 1. The van der Waals surface area contributed by atoms with Gasteiger partial charge in [-0.15, -0.1) is 0 Å². The maximum Gasteiger partial charge on any atom is 0.255 e. The Balaban J connectivity index is 1.71. The molecule has 0 unspecified atom stereocenters. The van der Waals surface area contributed by atoms with Crippen LogP contribution >= 0.6 is 0 Å². The summed E-state index contributed by atoms with van der Waals surface area (Å²) in [4.78, 5) is 12.4. The van der Waals surface area contributed by atoms with Gasteiger partial charge < -0.3 is 9.88 Å². The standard InChI is InChI=1S/C20H21N3O3S/c1-14-4-5-15(2)23(14)19-12-6-16(7-13-19)20(24)21-17-8-10-18(11-9-17)22-27(3,25)26/h4-13,22H,1-3H3,(H,21,24). The number of rotatable bonds is 5. The van der Waals surface area contributed by atoms with Crippen molar-refractivity contribution in [3.05, 3.63) is 77.6 Å². The number of nitrogens with zero attached hydrogens (tertiary/aromatic N) is 1. The van der Waals surface area contributed by atoms with Gasteiger partial charge in [-0.25, -0.2) is 8.42 Å². The van der Waals surface area contributed by atoms with E-state index in [-0.39, 0.29) is 5.91 Å². The fraction of sp³-hybridized carbons (Fsp3) is 0.150. The quantitative estimate of drug-likeness (QED) is 0.705. The lowest BCUT2D eigenvalue weighted by atomic mass is 10.1. The summed E-state index contributed by atoms with van der Waals surface area (Å²) in [5.74, 6) is -0.230. The van der Waals surface area contributed by atoms with Gasteiger partial charge in [0.25, 0.3) is 5.91 Å². The van der Waals surface area contributed by atoms with Crippen LogP contribution in [-0.4, -0.2) is 25.1 Å². The first-order valence-corrected chi connectivity index (χ1v) is 10.3. The van der Waals surface area contributed by atoms with E-state index in [0.29, 0.717) is 16.9 Å². The Hall–Kier alpha value is -3.06. The molecule has 140 valence electrons. The Bertz CT molecular complexity index is 1050. The molecule has 0 radical (unpaired) electrons. The summed E-state index contributed by atoms with van der Waals surface area (Å²) in [6, 6.07) is 18.0. The number of carbonyl (C=O) groups is 1. The molecule has 1 heterocycles. The van der Waals surface area contributed by atoms with Crippen molar-refractivity contribution in [1.29, 1.82) is 0 Å². The predicted octanol–water partition coefficient (Wildman–Crippen LogP) is 3.72. The summed E-state index contributed by atoms with van der Waals surface area (Å²) < 4.78 is 26.9. The first-order chi connectivity index (χ1) is 12.7. The van der Waals surface area contributed by atoms with E-state index in [4.69, 9.17) is 0 Å². The van der Waals surface area contributed by atoms with E-state index in [1.165, 1.54) is 0 Å². The molecule has 1 amide bonds. The third kappa shape index (κ3) is 4.57. The van der Waals surface area contributed by atoms with Crippen LogP contribution in [0.25, 0.3) is 5.69 Å². The summed E-state index contributed by atoms with van der Waals surface area (Å²) in [6.07, 6.45) is 1.09. The molecule has 0 bridgehead atoms. The highest BCUT2D eigenvalue weighted by Gasteiger charge is 2.09. The number of benzene rings is 2. The lowest BCUT2D eigenvalue weighted by molar-refractivity contribution is 0.102. The number of anilines is 2. The van der Waals surface area contributed by atoms with E-state index in [1.54, 1.807) is 36.4 Å². The topological polar surface area (TPSA) is 80.2 Å². The normalized spacial score (nSPS) is 11.2. The van der Waals surface area contributed by atoms with Gasteiger partial charge in [0.1, 0.15) is 0 Å². The number of nitrogens with one attached hydrogen (secondary N) is 2. The maximum atomic E-state index is 12.4. The molecule has 0 aliphatic heterocycles. The highest BCUT2D eigenvalue weighted by atomic mass is 32.2. The second-order valence-corrected chi connectivity index (χ2v) is 8.15. The molecule has 6 nitrogen and oxygen atoms in total. The van der Waals surface area contributed by atoms with Crippen LogP contribution in [0.4, 0.5) is 11.4 Å². The van der Waals surface area contributed by atoms with E-state index < -0.39 is 10.0 Å². The molecule has 0 fully saturated rings. The molecule has 7 heteroatoms. The fourth-order valence-electron chi connectivity index (χ4n) is 2.88. The van der Waals surface area contributed by atoms with Gasteiger partial charge in [0.2, 0.25) is 10.0 Å². The summed E-state index contributed by atoms with van der Waals surface area (Å²) in [5.41, 5.74) is 4.83. The van der Waals surface area contributed by atoms with Gasteiger partial charge in [-0.2, -0.15) is 0 Å². The monoisotopic (exact) mass is 383 g/mol. The van der Waals surface area contributed by atoms with Crippen molar-refractivity contribution in [2.45, 2.75) is 13.8 Å². The molecule has 27 heavy (non-hydrogen) atoms. The third-order valence-electron chi connectivity index (χ3n) is 4.10. The second-order valence-electron chi connectivity index (χ2n) is 6.40. The zero-order valence-corrected chi connectivity index (χ0v) is 16.2. The molecule has 1 aromatic heterocycles. The number of aromatic nitrogens is 1. The van der Waals surface area contributed by atoms with Crippen LogP contribution in [0.3, 0.4) is 0 Å². The molecular weight excluding hydrogens is 362 g/mol. The van der Waals surface area contributed by atoms with Gasteiger partial charge in [0.05, 0.1) is 6.26 Å². The van der Waals surface area contributed by atoms with Crippen molar-refractivity contribution in [1.82, 2.24) is 4.57 Å². The third-order valence-corrected chi connectivity index (χ3v) is 4.71. The summed E-state index contributed by atoms with van der Waals surface area (Å²) in [7, 11) is -3.32. The summed E-state index contributed by atoms with van der Waals surface area (Å²) in [5, 5.41) is 2.80. The zero-order valence-electron chi connectivity index (χ0n) is 15.4. The van der Waals surface area contributed by atoms with Crippen molar-refractivity contribution in [3.8, 4) is 5.69 Å². The van der Waals surface area contributed by atoms with Crippen molar-refractivity contribution >= 4 is 27.3 Å². The highest BCUT2D eigenvalue weighted by molar-refractivity contribution is 7.92. The lowest BCUT2D eigenvalue weighted by Crippen LogP contribution is -2.12. The molecule has 0 atom stereocenters. The van der Waals surface area contributed by atoms with Gasteiger partial charge >= 0.3 is 0 Å². The van der Waals surface area contributed by atoms with Gasteiger partial charge in [-0.3, -0.25) is 9.52 Å². The number of amides is 1. The highest BCUT2D eigenvalue weighted by Crippen LogP contribution is 2.18. The van der Waals surface area contributed by atoms with Gasteiger partial charge in [0, 0.05) is 34.0 Å². The predicted molar refractivity (Wildman–Crippen MR) is 108 cm³/mol. The minimum Gasteiger partial charge on any atom is -0.322 e. The van der Waals surface area contributed by atoms with Crippen LogP contribution in [0, 0.1) is 13.8 Å². The van der Waals surface area contributed by atoms with E-state index >= 15 is 0 Å².